The third kappa shape index (κ3) is 4.32. The van der Waals surface area contributed by atoms with Crippen LogP contribution in [-0.2, 0) is 16.0 Å². The van der Waals surface area contributed by atoms with Gasteiger partial charge in [-0.3, -0.25) is 0 Å². The van der Waals surface area contributed by atoms with Crippen molar-refractivity contribution in [2.24, 2.45) is 0 Å². The van der Waals surface area contributed by atoms with Crippen LogP contribution in [0.5, 0.6) is 11.5 Å². The van der Waals surface area contributed by atoms with E-state index in [9.17, 15) is 0 Å². The Balaban J connectivity index is 1.79. The number of nitrogens with one attached hydrogen (secondary N) is 1. The third-order valence-electron chi connectivity index (χ3n) is 4.95. The Morgan fingerprint density at radius 2 is 1.89 bits per heavy atom. The minimum absolute atomic E-state index is 0.221. The molecule has 0 aromatic heterocycles. The summed E-state index contributed by atoms with van der Waals surface area (Å²) in [4.78, 5) is 0. The molecule has 1 aliphatic heterocycles. The van der Waals surface area contributed by atoms with Crippen molar-refractivity contribution in [1.82, 2.24) is 0 Å². The van der Waals surface area contributed by atoms with Gasteiger partial charge in [0.2, 0.25) is 0 Å². The van der Waals surface area contributed by atoms with E-state index < -0.39 is 5.60 Å². The van der Waals surface area contributed by atoms with Gasteiger partial charge in [0.15, 0.2) is 0 Å². The maximum Gasteiger partial charge on any atom is 0.132 e. The van der Waals surface area contributed by atoms with E-state index in [1.807, 2.05) is 50.2 Å². The summed E-state index contributed by atoms with van der Waals surface area (Å²) in [5, 5.41) is 3.46. The number of fused-ring (bicyclic) bond motifs is 1. The molecule has 1 heterocycles. The van der Waals surface area contributed by atoms with Crippen LogP contribution in [0.1, 0.15) is 31.1 Å². The number of hydrogen-bond acceptors (Lipinski definition) is 5. The third-order valence-corrected chi connectivity index (χ3v) is 4.95. The van der Waals surface area contributed by atoms with E-state index in [1.54, 1.807) is 20.3 Å². The zero-order valence-electron chi connectivity index (χ0n) is 17.0. The Hall–Kier alpha value is -2.50. The van der Waals surface area contributed by atoms with E-state index in [1.165, 1.54) is 5.56 Å². The van der Waals surface area contributed by atoms with Crippen LogP contribution in [0.4, 0.5) is 5.69 Å². The maximum atomic E-state index is 6.22. The molecule has 150 valence electrons. The van der Waals surface area contributed by atoms with Gasteiger partial charge < -0.3 is 24.3 Å². The van der Waals surface area contributed by atoms with Crippen LogP contribution in [0.3, 0.4) is 0 Å². The van der Waals surface area contributed by atoms with Gasteiger partial charge in [0, 0.05) is 24.9 Å². The molecule has 0 saturated heterocycles. The van der Waals surface area contributed by atoms with E-state index in [0.717, 1.165) is 22.7 Å². The summed E-state index contributed by atoms with van der Waals surface area (Å²) in [6, 6.07) is 14.1. The minimum Gasteiger partial charge on any atom is -0.497 e. The van der Waals surface area contributed by atoms with Crippen molar-refractivity contribution < 1.29 is 18.9 Å². The second-order valence-corrected chi connectivity index (χ2v) is 7.36. The van der Waals surface area contributed by atoms with Crippen molar-refractivity contribution in [3.63, 3.8) is 0 Å². The molecule has 28 heavy (non-hydrogen) atoms. The highest BCUT2D eigenvalue weighted by Crippen LogP contribution is 2.44. The van der Waals surface area contributed by atoms with Gasteiger partial charge in [-0.2, -0.15) is 0 Å². The van der Waals surface area contributed by atoms with Crippen molar-refractivity contribution in [3.8, 4) is 11.5 Å². The van der Waals surface area contributed by atoms with Crippen molar-refractivity contribution >= 4 is 5.69 Å². The highest BCUT2D eigenvalue weighted by atomic mass is 16.6. The zero-order chi connectivity index (χ0) is 20.1. The topological polar surface area (TPSA) is 49.0 Å². The molecule has 0 aliphatic carbocycles. The van der Waals surface area contributed by atoms with Crippen LogP contribution in [0.15, 0.2) is 55.1 Å². The van der Waals surface area contributed by atoms with Gasteiger partial charge >= 0.3 is 0 Å². The summed E-state index contributed by atoms with van der Waals surface area (Å²) in [6.45, 7) is 8.94. The quantitative estimate of drug-likeness (QED) is 0.668. The fourth-order valence-electron chi connectivity index (χ4n) is 3.50. The summed E-state index contributed by atoms with van der Waals surface area (Å²) >= 11 is 0. The number of anilines is 1. The molecule has 0 bridgehead atoms. The standard InChI is InChI=1S/C23H29NO4/c1-6-13-27-22-21(26-5)19-14-17(9-12-20(19)28-23(22,2)3)24-15-16-7-10-18(25-4)11-8-16/h6-12,14,21-22,24H,1,13,15H2,2-5H3. The van der Waals surface area contributed by atoms with Crippen molar-refractivity contribution in [2.75, 3.05) is 26.1 Å². The van der Waals surface area contributed by atoms with Gasteiger partial charge in [-0.25, -0.2) is 0 Å². The fraction of sp³-hybridized carbons (Fsp3) is 0.391. The van der Waals surface area contributed by atoms with Gasteiger partial charge in [-0.1, -0.05) is 18.2 Å². The van der Waals surface area contributed by atoms with Crippen LogP contribution in [0, 0.1) is 0 Å². The molecule has 2 unspecified atom stereocenters. The van der Waals surface area contributed by atoms with Crippen molar-refractivity contribution in [1.29, 1.82) is 0 Å². The molecule has 0 spiro atoms. The Bertz CT molecular complexity index is 801. The lowest BCUT2D eigenvalue weighted by molar-refractivity contribution is -0.148. The maximum absolute atomic E-state index is 6.22. The predicted octanol–water partition coefficient (Wildman–Crippen LogP) is 4.74. The Morgan fingerprint density at radius 1 is 1.14 bits per heavy atom. The summed E-state index contributed by atoms with van der Waals surface area (Å²) in [5.41, 5.74) is 2.65. The second kappa shape index (κ2) is 8.67. The molecule has 0 amide bonds. The fourth-order valence-corrected chi connectivity index (χ4v) is 3.50. The van der Waals surface area contributed by atoms with Crippen LogP contribution in [-0.4, -0.2) is 32.5 Å². The Morgan fingerprint density at radius 3 is 2.54 bits per heavy atom. The van der Waals surface area contributed by atoms with Gasteiger partial charge in [0.05, 0.1) is 13.7 Å². The molecular weight excluding hydrogens is 354 g/mol. The molecule has 0 radical (unpaired) electrons. The van der Waals surface area contributed by atoms with Crippen LogP contribution >= 0.6 is 0 Å². The molecule has 2 atom stereocenters. The van der Waals surface area contributed by atoms with Gasteiger partial charge in [0.1, 0.15) is 29.3 Å². The Labute approximate surface area is 167 Å². The Kier molecular flexibility index (Phi) is 6.27. The first-order valence-electron chi connectivity index (χ1n) is 9.43. The number of methoxy groups -OCH3 is 2. The highest BCUT2D eigenvalue weighted by Gasteiger charge is 2.45. The molecule has 2 aromatic carbocycles. The first-order chi connectivity index (χ1) is 13.5. The average molecular weight is 383 g/mol. The van der Waals surface area contributed by atoms with Crippen molar-refractivity contribution in [2.45, 2.75) is 38.2 Å². The molecule has 2 aromatic rings. The SMILES string of the molecule is C=CCOC1C(OC)c2cc(NCc3ccc(OC)cc3)ccc2OC1(C)C. The lowest BCUT2D eigenvalue weighted by Gasteiger charge is -2.43. The molecule has 5 nitrogen and oxygen atoms in total. The molecular formula is C23H29NO4. The van der Waals surface area contributed by atoms with Crippen LogP contribution in [0.25, 0.3) is 0 Å². The average Bonchev–Trinajstić information content (AvgIpc) is 2.70. The number of ether oxygens (including phenoxy) is 4. The summed E-state index contributed by atoms with van der Waals surface area (Å²) in [7, 11) is 3.37. The molecule has 1 N–H and O–H groups in total. The lowest BCUT2D eigenvalue weighted by Crippen LogP contribution is -2.50. The van der Waals surface area contributed by atoms with Crippen LogP contribution in [0.2, 0.25) is 0 Å². The zero-order valence-corrected chi connectivity index (χ0v) is 17.0. The highest BCUT2D eigenvalue weighted by molar-refractivity contribution is 5.54. The van der Waals surface area contributed by atoms with Gasteiger partial charge in [0.25, 0.3) is 0 Å². The largest absolute Gasteiger partial charge is 0.497 e. The summed E-state index contributed by atoms with van der Waals surface area (Å²) in [6.07, 6.45) is 1.28. The van der Waals surface area contributed by atoms with Gasteiger partial charge in [-0.05, 0) is 49.7 Å². The van der Waals surface area contributed by atoms with E-state index in [4.69, 9.17) is 18.9 Å². The normalized spacial score (nSPS) is 20.0. The van der Waals surface area contributed by atoms with Gasteiger partial charge in [-0.15, -0.1) is 6.58 Å². The molecule has 0 fully saturated rings. The number of hydrogen-bond donors (Lipinski definition) is 1. The second-order valence-electron chi connectivity index (χ2n) is 7.36. The lowest BCUT2D eigenvalue weighted by atomic mass is 9.88. The predicted molar refractivity (Wildman–Crippen MR) is 111 cm³/mol. The number of benzene rings is 2. The smallest absolute Gasteiger partial charge is 0.132 e. The van der Waals surface area contributed by atoms with E-state index in [2.05, 4.69) is 18.0 Å². The molecule has 1 aliphatic rings. The monoisotopic (exact) mass is 383 g/mol. The molecule has 3 rings (SSSR count). The van der Waals surface area contributed by atoms with Crippen LogP contribution < -0.4 is 14.8 Å². The summed E-state index contributed by atoms with van der Waals surface area (Å²) in [5.74, 6) is 1.68. The summed E-state index contributed by atoms with van der Waals surface area (Å²) < 4.78 is 23.3. The number of rotatable bonds is 8. The van der Waals surface area contributed by atoms with Crippen molar-refractivity contribution in [3.05, 3.63) is 66.2 Å². The molecule has 5 heteroatoms. The van der Waals surface area contributed by atoms with E-state index in [-0.39, 0.29) is 12.2 Å². The van der Waals surface area contributed by atoms with E-state index in [0.29, 0.717) is 13.2 Å². The first kappa shape index (κ1) is 20.2. The minimum atomic E-state index is -0.505. The van der Waals surface area contributed by atoms with E-state index >= 15 is 0 Å². The molecule has 0 saturated carbocycles. The first-order valence-corrected chi connectivity index (χ1v) is 9.43.